The molecular weight excluding hydrogens is 460 g/mol. The van der Waals surface area contributed by atoms with Gasteiger partial charge in [-0.25, -0.2) is 0 Å². The largest absolute Gasteiger partial charge is 0.480 e. The van der Waals surface area contributed by atoms with Gasteiger partial charge >= 0.3 is 5.97 Å². The Hall–Kier alpha value is -2.51. The van der Waals surface area contributed by atoms with Crippen LogP contribution in [0.3, 0.4) is 0 Å². The van der Waals surface area contributed by atoms with E-state index >= 15 is 0 Å². The van der Waals surface area contributed by atoms with Crippen LogP contribution in [0.1, 0.15) is 37.9 Å². The Kier molecular flexibility index (Phi) is 5.30. The summed E-state index contributed by atoms with van der Waals surface area (Å²) >= 11 is 3.41. The molecule has 0 aliphatic carbocycles. The van der Waals surface area contributed by atoms with Gasteiger partial charge in [0.1, 0.15) is 5.54 Å². The van der Waals surface area contributed by atoms with Gasteiger partial charge in [0.15, 0.2) is 0 Å². The van der Waals surface area contributed by atoms with Crippen LogP contribution in [-0.4, -0.2) is 38.9 Å². The molecule has 0 radical (unpaired) electrons. The summed E-state index contributed by atoms with van der Waals surface area (Å²) < 4.78 is 0.879. The summed E-state index contributed by atoms with van der Waals surface area (Å²) in [7, 11) is 0. The fourth-order valence-electron chi connectivity index (χ4n) is 4.97. The molecule has 2 aliphatic rings. The maximum Gasteiger partial charge on any atom is 0.325 e. The number of hydrogen-bond donors (Lipinski definition) is 2. The second-order valence-electron chi connectivity index (χ2n) is 9.30. The fraction of sp³-hybridized carbons (Fsp3) is 0.375. The van der Waals surface area contributed by atoms with Crippen LogP contribution in [0.2, 0.25) is 0 Å². The third-order valence-corrected chi connectivity index (χ3v) is 6.79. The topological polar surface area (TPSA) is 86.7 Å². The summed E-state index contributed by atoms with van der Waals surface area (Å²) in [4.78, 5) is 41.1. The molecule has 2 aromatic rings. The molecule has 162 valence electrons. The number of imide groups is 1. The lowest BCUT2D eigenvalue weighted by molar-refractivity contribution is -0.153. The van der Waals surface area contributed by atoms with Gasteiger partial charge in [-0.1, -0.05) is 58.4 Å². The molecule has 31 heavy (non-hydrogen) atoms. The molecule has 0 bridgehead atoms. The molecule has 0 aromatic heterocycles. The summed E-state index contributed by atoms with van der Waals surface area (Å²) in [6.45, 7) is 5.39. The number of rotatable bonds is 4. The van der Waals surface area contributed by atoms with Crippen LogP contribution in [0, 0.1) is 11.8 Å². The van der Waals surface area contributed by atoms with Gasteiger partial charge in [-0.05, 0) is 44.0 Å². The third kappa shape index (κ3) is 3.49. The highest BCUT2D eigenvalue weighted by Crippen LogP contribution is 2.51. The van der Waals surface area contributed by atoms with E-state index in [0.717, 1.165) is 15.6 Å². The Balaban J connectivity index is 1.87. The number of benzene rings is 2. The van der Waals surface area contributed by atoms with Gasteiger partial charge in [0.05, 0.1) is 11.8 Å². The molecule has 4 rings (SSSR count). The SMILES string of the molecule is CC(C)(C)N1C(=O)C2C(c3ccc(Br)cc3)NC(Cc3ccccc3)(C(=O)O)C2C1=O. The van der Waals surface area contributed by atoms with E-state index in [1.807, 2.05) is 54.6 Å². The second-order valence-corrected chi connectivity index (χ2v) is 10.2. The zero-order valence-electron chi connectivity index (χ0n) is 17.6. The zero-order chi connectivity index (χ0) is 22.6. The minimum atomic E-state index is -1.59. The number of nitrogens with zero attached hydrogens (tertiary/aromatic N) is 1. The van der Waals surface area contributed by atoms with Gasteiger partial charge < -0.3 is 5.11 Å². The van der Waals surface area contributed by atoms with Crippen molar-refractivity contribution in [1.82, 2.24) is 10.2 Å². The van der Waals surface area contributed by atoms with Gasteiger partial charge in [-0.2, -0.15) is 0 Å². The van der Waals surface area contributed by atoms with Crippen molar-refractivity contribution in [2.24, 2.45) is 11.8 Å². The van der Waals surface area contributed by atoms with E-state index < -0.39 is 40.8 Å². The van der Waals surface area contributed by atoms with Crippen molar-refractivity contribution in [3.63, 3.8) is 0 Å². The number of carboxylic acid groups (broad SMARTS) is 1. The molecule has 2 heterocycles. The Morgan fingerprint density at radius 2 is 1.68 bits per heavy atom. The minimum absolute atomic E-state index is 0.106. The van der Waals surface area contributed by atoms with Crippen molar-refractivity contribution in [3.8, 4) is 0 Å². The fourth-order valence-corrected chi connectivity index (χ4v) is 5.24. The number of nitrogens with one attached hydrogen (secondary N) is 1. The number of amides is 2. The number of aliphatic carboxylic acids is 1. The summed E-state index contributed by atoms with van der Waals surface area (Å²) in [6.07, 6.45) is 0.106. The van der Waals surface area contributed by atoms with Gasteiger partial charge in [0.2, 0.25) is 11.8 Å². The molecule has 7 heteroatoms. The van der Waals surface area contributed by atoms with Crippen LogP contribution in [0.25, 0.3) is 0 Å². The summed E-state index contributed by atoms with van der Waals surface area (Å²) in [5.41, 5.74) is -0.746. The van der Waals surface area contributed by atoms with Crippen LogP contribution in [0.5, 0.6) is 0 Å². The van der Waals surface area contributed by atoms with Crippen LogP contribution in [0.15, 0.2) is 59.1 Å². The normalized spacial score (nSPS) is 28.1. The summed E-state index contributed by atoms with van der Waals surface area (Å²) in [5.74, 6) is -3.65. The maximum absolute atomic E-state index is 13.6. The number of carbonyl (C=O) groups excluding carboxylic acids is 2. The van der Waals surface area contributed by atoms with E-state index in [1.54, 1.807) is 20.8 Å². The molecule has 2 aliphatic heterocycles. The highest BCUT2D eigenvalue weighted by molar-refractivity contribution is 9.10. The van der Waals surface area contributed by atoms with Crippen molar-refractivity contribution in [2.75, 3.05) is 0 Å². The zero-order valence-corrected chi connectivity index (χ0v) is 19.2. The summed E-state index contributed by atoms with van der Waals surface area (Å²) in [6, 6.07) is 16.1. The average Bonchev–Trinajstić information content (AvgIpc) is 3.18. The van der Waals surface area contributed by atoms with E-state index in [9.17, 15) is 19.5 Å². The Labute approximate surface area is 189 Å². The van der Waals surface area contributed by atoms with Gasteiger partial charge in [0, 0.05) is 22.5 Å². The van der Waals surface area contributed by atoms with E-state index in [4.69, 9.17) is 0 Å². The lowest BCUT2D eigenvalue weighted by atomic mass is 9.76. The molecule has 2 amide bonds. The molecule has 4 atom stereocenters. The number of carbonyl (C=O) groups is 3. The predicted octanol–water partition coefficient (Wildman–Crippen LogP) is 3.56. The minimum Gasteiger partial charge on any atom is -0.480 e. The summed E-state index contributed by atoms with van der Waals surface area (Å²) in [5, 5.41) is 13.7. The number of halogens is 1. The number of hydrogen-bond acceptors (Lipinski definition) is 4. The predicted molar refractivity (Wildman–Crippen MR) is 119 cm³/mol. The Morgan fingerprint density at radius 3 is 2.23 bits per heavy atom. The monoisotopic (exact) mass is 484 g/mol. The molecule has 0 saturated carbocycles. The second kappa shape index (κ2) is 7.57. The molecule has 4 unspecified atom stereocenters. The molecule has 2 fully saturated rings. The van der Waals surface area contributed by atoms with Gasteiger partial charge in [-0.3, -0.25) is 24.6 Å². The van der Waals surface area contributed by atoms with Crippen molar-refractivity contribution in [3.05, 3.63) is 70.2 Å². The van der Waals surface area contributed by atoms with E-state index in [0.29, 0.717) is 0 Å². The first-order valence-corrected chi connectivity index (χ1v) is 11.0. The average molecular weight is 485 g/mol. The number of fused-ring (bicyclic) bond motifs is 1. The lowest BCUT2D eigenvalue weighted by Crippen LogP contribution is -2.58. The highest BCUT2D eigenvalue weighted by atomic mass is 79.9. The molecule has 2 saturated heterocycles. The van der Waals surface area contributed by atoms with E-state index in [1.165, 1.54) is 4.90 Å². The third-order valence-electron chi connectivity index (χ3n) is 6.26. The van der Waals surface area contributed by atoms with Crippen LogP contribution >= 0.6 is 15.9 Å². The first-order valence-electron chi connectivity index (χ1n) is 10.2. The highest BCUT2D eigenvalue weighted by Gasteiger charge is 2.69. The van der Waals surface area contributed by atoms with Crippen molar-refractivity contribution >= 4 is 33.7 Å². The first-order chi connectivity index (χ1) is 14.6. The Morgan fingerprint density at radius 1 is 1.06 bits per heavy atom. The van der Waals surface area contributed by atoms with Crippen LogP contribution < -0.4 is 5.32 Å². The lowest BCUT2D eigenvalue weighted by Gasteiger charge is -2.35. The smallest absolute Gasteiger partial charge is 0.325 e. The first kappa shape index (κ1) is 21.7. The number of likely N-dealkylation sites (tertiary alicyclic amines) is 1. The van der Waals surface area contributed by atoms with E-state index in [2.05, 4.69) is 21.2 Å². The maximum atomic E-state index is 13.6. The van der Waals surface area contributed by atoms with E-state index in [-0.39, 0.29) is 12.3 Å². The van der Waals surface area contributed by atoms with Gasteiger partial charge in [0.25, 0.3) is 0 Å². The molecule has 6 nitrogen and oxygen atoms in total. The molecular formula is C24H25BrN2O4. The quantitative estimate of drug-likeness (QED) is 0.647. The molecule has 0 spiro atoms. The number of carboxylic acids is 1. The van der Waals surface area contributed by atoms with Crippen LogP contribution in [0.4, 0.5) is 0 Å². The Bertz CT molecular complexity index is 1030. The van der Waals surface area contributed by atoms with Crippen molar-refractivity contribution < 1.29 is 19.5 Å². The standard InChI is InChI=1S/C24H25BrN2O4/c1-23(2,3)27-20(28)17-18(21(27)29)24(22(30)31,13-14-7-5-4-6-8-14)26-19(17)15-9-11-16(25)12-10-15/h4-12,17-19,26H,13H2,1-3H3,(H,30,31). The van der Waals surface area contributed by atoms with Crippen molar-refractivity contribution in [1.29, 1.82) is 0 Å². The van der Waals surface area contributed by atoms with Crippen molar-refractivity contribution in [2.45, 2.75) is 44.3 Å². The van der Waals surface area contributed by atoms with Gasteiger partial charge in [-0.15, -0.1) is 0 Å². The van der Waals surface area contributed by atoms with Crippen LogP contribution in [-0.2, 0) is 20.8 Å². The molecule has 2 N–H and O–H groups in total. The molecule has 2 aromatic carbocycles.